The summed E-state index contributed by atoms with van der Waals surface area (Å²) < 4.78 is 5.51. The lowest BCUT2D eigenvalue weighted by Gasteiger charge is -2.37. The molecule has 4 nitrogen and oxygen atoms in total. The number of benzene rings is 1. The molecule has 120 valence electrons. The van der Waals surface area contributed by atoms with Crippen LogP contribution in [0.15, 0.2) is 24.3 Å². The second-order valence-electron chi connectivity index (χ2n) is 6.72. The molecule has 1 unspecified atom stereocenters. The average Bonchev–Trinajstić information content (AvgIpc) is 3.38. The molecular formula is C18H26N2O2. The van der Waals surface area contributed by atoms with E-state index in [2.05, 4.69) is 24.4 Å². The van der Waals surface area contributed by atoms with E-state index < -0.39 is 5.41 Å². The average molecular weight is 302 g/mol. The fourth-order valence-electron chi connectivity index (χ4n) is 3.52. The molecule has 0 bridgehead atoms. The minimum Gasteiger partial charge on any atom is -0.381 e. The van der Waals surface area contributed by atoms with Gasteiger partial charge in [-0.1, -0.05) is 24.3 Å². The first-order valence-electron chi connectivity index (χ1n) is 8.31. The van der Waals surface area contributed by atoms with Crippen LogP contribution in [0.25, 0.3) is 0 Å². The van der Waals surface area contributed by atoms with Gasteiger partial charge in [0.2, 0.25) is 5.91 Å². The number of aryl methyl sites for hydroxylation is 1. The third-order valence-electron chi connectivity index (χ3n) is 5.17. The Balaban J connectivity index is 1.79. The SMILES string of the molecule is Cc1ccccc1C1(C(=O)NCC(N)C2CC2)CCOCC1. The zero-order chi connectivity index (χ0) is 15.6. The van der Waals surface area contributed by atoms with Crippen LogP contribution in [0.1, 0.15) is 36.8 Å². The van der Waals surface area contributed by atoms with Crippen LogP contribution in [0.5, 0.6) is 0 Å². The summed E-state index contributed by atoms with van der Waals surface area (Å²) in [6, 6.07) is 8.30. The number of carbonyl (C=O) groups excluding carboxylic acids is 1. The molecule has 0 aromatic heterocycles. The van der Waals surface area contributed by atoms with Gasteiger partial charge >= 0.3 is 0 Å². The van der Waals surface area contributed by atoms with Gasteiger partial charge in [0.1, 0.15) is 0 Å². The number of amides is 1. The van der Waals surface area contributed by atoms with Crippen LogP contribution < -0.4 is 11.1 Å². The monoisotopic (exact) mass is 302 g/mol. The summed E-state index contributed by atoms with van der Waals surface area (Å²) >= 11 is 0. The molecule has 3 N–H and O–H groups in total. The van der Waals surface area contributed by atoms with Crippen LogP contribution in [0.2, 0.25) is 0 Å². The summed E-state index contributed by atoms with van der Waals surface area (Å²) in [7, 11) is 0. The number of rotatable bonds is 5. The zero-order valence-corrected chi connectivity index (χ0v) is 13.3. The molecule has 1 aromatic rings. The van der Waals surface area contributed by atoms with Crippen molar-refractivity contribution in [2.24, 2.45) is 11.7 Å². The predicted molar refractivity (Wildman–Crippen MR) is 86.6 cm³/mol. The molecule has 1 heterocycles. The highest BCUT2D eigenvalue weighted by molar-refractivity contribution is 5.88. The summed E-state index contributed by atoms with van der Waals surface area (Å²) in [5.74, 6) is 0.714. The van der Waals surface area contributed by atoms with Gasteiger partial charge in [0.25, 0.3) is 0 Å². The fraction of sp³-hybridized carbons (Fsp3) is 0.611. The minimum atomic E-state index is -0.465. The number of hydrogen-bond acceptors (Lipinski definition) is 3. The Morgan fingerprint density at radius 2 is 2.05 bits per heavy atom. The predicted octanol–water partition coefficient (Wildman–Crippen LogP) is 1.90. The quantitative estimate of drug-likeness (QED) is 0.873. The molecule has 1 saturated carbocycles. The van der Waals surface area contributed by atoms with E-state index in [1.165, 1.54) is 18.4 Å². The Hall–Kier alpha value is -1.39. The third-order valence-corrected chi connectivity index (χ3v) is 5.17. The lowest BCUT2D eigenvalue weighted by Crippen LogP contribution is -2.51. The molecule has 0 radical (unpaired) electrons. The molecule has 2 fully saturated rings. The summed E-state index contributed by atoms with van der Waals surface area (Å²) in [5.41, 5.74) is 7.97. The van der Waals surface area contributed by atoms with Gasteiger partial charge < -0.3 is 15.8 Å². The van der Waals surface area contributed by atoms with Gasteiger partial charge in [-0.2, -0.15) is 0 Å². The number of hydrogen-bond donors (Lipinski definition) is 2. The first kappa shape index (κ1) is 15.5. The molecule has 2 aliphatic rings. The van der Waals surface area contributed by atoms with E-state index >= 15 is 0 Å². The lowest BCUT2D eigenvalue weighted by atomic mass is 9.71. The van der Waals surface area contributed by atoms with Crippen molar-refractivity contribution in [1.82, 2.24) is 5.32 Å². The van der Waals surface area contributed by atoms with Crippen molar-refractivity contribution in [3.8, 4) is 0 Å². The molecular weight excluding hydrogens is 276 g/mol. The molecule has 1 aliphatic carbocycles. The smallest absolute Gasteiger partial charge is 0.230 e. The standard InChI is InChI=1S/C18H26N2O2/c1-13-4-2-3-5-15(13)18(8-10-22-11-9-18)17(21)20-12-16(19)14-6-7-14/h2-5,14,16H,6-12,19H2,1H3,(H,20,21). The van der Waals surface area contributed by atoms with Crippen molar-refractivity contribution in [3.05, 3.63) is 35.4 Å². The number of nitrogens with one attached hydrogen (secondary N) is 1. The molecule has 1 amide bonds. The Kier molecular flexibility index (Phi) is 4.50. The van der Waals surface area contributed by atoms with E-state index in [9.17, 15) is 4.79 Å². The minimum absolute atomic E-state index is 0.0951. The largest absolute Gasteiger partial charge is 0.381 e. The van der Waals surface area contributed by atoms with Crippen LogP contribution in [0, 0.1) is 12.8 Å². The van der Waals surface area contributed by atoms with Gasteiger partial charge in [0, 0.05) is 25.8 Å². The Bertz CT molecular complexity index is 534. The van der Waals surface area contributed by atoms with Crippen molar-refractivity contribution in [2.45, 2.75) is 44.1 Å². The summed E-state index contributed by atoms with van der Waals surface area (Å²) in [6.45, 7) is 3.93. The van der Waals surface area contributed by atoms with Crippen LogP contribution in [-0.2, 0) is 14.9 Å². The number of carbonyl (C=O) groups is 1. The third kappa shape index (κ3) is 3.03. The van der Waals surface area contributed by atoms with E-state index in [0.29, 0.717) is 25.7 Å². The van der Waals surface area contributed by atoms with Crippen LogP contribution in [0.4, 0.5) is 0 Å². The maximum Gasteiger partial charge on any atom is 0.230 e. The second-order valence-corrected chi connectivity index (χ2v) is 6.72. The molecule has 1 aliphatic heterocycles. The Morgan fingerprint density at radius 3 is 2.68 bits per heavy atom. The van der Waals surface area contributed by atoms with E-state index in [-0.39, 0.29) is 11.9 Å². The zero-order valence-electron chi connectivity index (χ0n) is 13.3. The van der Waals surface area contributed by atoms with E-state index in [0.717, 1.165) is 18.4 Å². The van der Waals surface area contributed by atoms with Crippen molar-refractivity contribution in [3.63, 3.8) is 0 Å². The van der Waals surface area contributed by atoms with E-state index in [1.54, 1.807) is 0 Å². The molecule has 4 heteroatoms. The van der Waals surface area contributed by atoms with Crippen LogP contribution in [-0.4, -0.2) is 31.7 Å². The first-order valence-corrected chi connectivity index (χ1v) is 8.31. The molecule has 22 heavy (non-hydrogen) atoms. The summed E-state index contributed by atoms with van der Waals surface area (Å²) in [5, 5.41) is 3.12. The maximum absolute atomic E-state index is 13.0. The van der Waals surface area contributed by atoms with Gasteiger partial charge in [-0.25, -0.2) is 0 Å². The molecule has 1 aromatic carbocycles. The van der Waals surface area contributed by atoms with Crippen molar-refractivity contribution in [2.75, 3.05) is 19.8 Å². The fourth-order valence-corrected chi connectivity index (χ4v) is 3.52. The highest BCUT2D eigenvalue weighted by atomic mass is 16.5. The molecule has 1 saturated heterocycles. The molecule has 3 rings (SSSR count). The summed E-state index contributed by atoms with van der Waals surface area (Å²) in [6.07, 6.45) is 3.88. The number of ether oxygens (including phenoxy) is 1. The first-order chi connectivity index (χ1) is 10.6. The van der Waals surface area contributed by atoms with Crippen LogP contribution >= 0.6 is 0 Å². The van der Waals surface area contributed by atoms with Gasteiger partial charge in [-0.05, 0) is 49.7 Å². The van der Waals surface area contributed by atoms with Gasteiger partial charge in [0.15, 0.2) is 0 Å². The second kappa shape index (κ2) is 6.39. The van der Waals surface area contributed by atoms with Gasteiger partial charge in [0.05, 0.1) is 5.41 Å². The number of nitrogens with two attached hydrogens (primary N) is 1. The van der Waals surface area contributed by atoms with Crippen LogP contribution in [0.3, 0.4) is 0 Å². The van der Waals surface area contributed by atoms with Crippen molar-refractivity contribution < 1.29 is 9.53 Å². The highest BCUT2D eigenvalue weighted by Crippen LogP contribution is 2.37. The Labute approximate surface area is 132 Å². The Morgan fingerprint density at radius 1 is 1.36 bits per heavy atom. The lowest BCUT2D eigenvalue weighted by molar-refractivity contribution is -0.130. The normalized spacial score (nSPS) is 22.1. The van der Waals surface area contributed by atoms with Crippen molar-refractivity contribution >= 4 is 5.91 Å². The molecule has 0 spiro atoms. The van der Waals surface area contributed by atoms with Gasteiger partial charge in [-0.3, -0.25) is 4.79 Å². The van der Waals surface area contributed by atoms with Gasteiger partial charge in [-0.15, -0.1) is 0 Å². The highest BCUT2D eigenvalue weighted by Gasteiger charge is 2.42. The van der Waals surface area contributed by atoms with E-state index in [4.69, 9.17) is 10.5 Å². The van der Waals surface area contributed by atoms with E-state index in [1.807, 2.05) is 12.1 Å². The molecule has 1 atom stereocenters. The topological polar surface area (TPSA) is 64.4 Å². The maximum atomic E-state index is 13.0. The van der Waals surface area contributed by atoms with Crippen molar-refractivity contribution in [1.29, 1.82) is 0 Å². The summed E-state index contributed by atoms with van der Waals surface area (Å²) in [4.78, 5) is 13.0.